The van der Waals surface area contributed by atoms with Gasteiger partial charge in [0.2, 0.25) is 0 Å². The summed E-state index contributed by atoms with van der Waals surface area (Å²) >= 11 is -0.891. The molecular weight excluding hydrogens is 257 g/mol. The number of halogens is 1. The smallest absolute Gasteiger partial charge is 0.257 e. The molecule has 1 radical (unpaired) electrons. The van der Waals surface area contributed by atoms with Crippen molar-refractivity contribution in [3.8, 4) is 0 Å². The molecule has 11 heavy (non-hydrogen) atoms. The van der Waals surface area contributed by atoms with E-state index in [1.807, 2.05) is 30.3 Å². The Hall–Kier alpha value is -0.650. The first kappa shape index (κ1) is 8.45. The molecule has 59 valence electrons. The molecule has 0 aliphatic rings. The molecule has 0 saturated carbocycles. The molecule has 3 nitrogen and oxygen atoms in total. The third-order valence-electron chi connectivity index (χ3n) is 1.15. The second-order valence-corrected chi connectivity index (χ2v) is 4.18. The number of nitro groups is 1. The number of alkyl halides is 1. The van der Waals surface area contributed by atoms with Gasteiger partial charge >= 0.3 is 0 Å². The van der Waals surface area contributed by atoms with Crippen LogP contribution < -0.4 is 0 Å². The van der Waals surface area contributed by atoms with Gasteiger partial charge in [0.15, 0.2) is 0 Å². The molecule has 1 rings (SSSR count). The molecule has 0 spiro atoms. The fraction of sp³-hybridized carbons (Fsp3) is 0.143. The van der Waals surface area contributed by atoms with Gasteiger partial charge in [0.1, 0.15) is 0 Å². The zero-order chi connectivity index (χ0) is 8.10. The Kier molecular flexibility index (Phi) is 3.28. The first-order valence-corrected chi connectivity index (χ1v) is 5.56. The summed E-state index contributed by atoms with van der Waals surface area (Å²) in [5.41, 5.74) is 1.07. The van der Waals surface area contributed by atoms with Crippen LogP contribution in [0.3, 0.4) is 0 Å². The van der Waals surface area contributed by atoms with E-state index < -0.39 is 21.5 Å². The minimum absolute atomic E-state index is 0.189. The van der Waals surface area contributed by atoms with E-state index in [2.05, 4.69) is 0 Å². The maximum atomic E-state index is 10.0. The van der Waals surface area contributed by atoms with E-state index in [9.17, 15) is 10.1 Å². The van der Waals surface area contributed by atoms with Crippen LogP contribution in [0.2, 0.25) is 0 Å². The summed E-state index contributed by atoms with van der Waals surface area (Å²) in [4.78, 5) is 10.0. The van der Waals surface area contributed by atoms with Crippen molar-refractivity contribution >= 4 is 21.5 Å². The van der Waals surface area contributed by atoms with E-state index in [-0.39, 0.29) is 3.14 Å². The summed E-state index contributed by atoms with van der Waals surface area (Å²) in [6.07, 6.45) is 0. The van der Waals surface area contributed by atoms with E-state index in [1.165, 1.54) is 0 Å². The molecule has 0 bridgehead atoms. The van der Waals surface area contributed by atoms with Gasteiger partial charge < -0.3 is 0 Å². The van der Waals surface area contributed by atoms with E-state index >= 15 is 0 Å². The van der Waals surface area contributed by atoms with Gasteiger partial charge in [0, 0.05) is 0 Å². The third-order valence-corrected chi connectivity index (χ3v) is 2.93. The number of nitrogens with zero attached hydrogens (tertiary/aromatic N) is 1. The highest BCUT2D eigenvalue weighted by Gasteiger charge is 2.01. The predicted molar refractivity (Wildman–Crippen MR) is 51.2 cm³/mol. The quantitative estimate of drug-likeness (QED) is 0.276. The maximum Gasteiger partial charge on any atom is 0.281 e. The molecule has 1 aromatic rings. The Morgan fingerprint density at radius 1 is 1.36 bits per heavy atom. The highest BCUT2D eigenvalue weighted by Crippen LogP contribution is 2.18. The van der Waals surface area contributed by atoms with Crippen LogP contribution in [0.5, 0.6) is 0 Å². The van der Waals surface area contributed by atoms with Crippen molar-refractivity contribution in [2.45, 2.75) is 4.43 Å². The predicted octanol–water partition coefficient (Wildman–Crippen LogP) is 2.35. The highest BCUT2D eigenvalue weighted by molar-refractivity contribution is 14.2. The molecule has 4 heteroatoms. The van der Waals surface area contributed by atoms with Gasteiger partial charge in [0.25, 0.3) is 21.5 Å². The van der Waals surface area contributed by atoms with Gasteiger partial charge in [-0.2, -0.15) is 0 Å². The Labute approximate surface area is 75.2 Å². The maximum absolute atomic E-state index is 10.0. The summed E-state index contributed by atoms with van der Waals surface area (Å²) in [6, 6.07) is 9.55. The summed E-state index contributed by atoms with van der Waals surface area (Å²) in [5.74, 6) is 0. The standard InChI is InChI=1S/C7H7INO2/c10-9(11)8-6-7-4-2-1-3-5-7/h1-5H,6H2. The summed E-state index contributed by atoms with van der Waals surface area (Å²) in [5, 5.41) is 10.0. The molecule has 0 atom stereocenters. The second-order valence-electron chi connectivity index (χ2n) is 1.95. The fourth-order valence-corrected chi connectivity index (χ4v) is 1.87. The van der Waals surface area contributed by atoms with E-state index in [0.29, 0.717) is 4.43 Å². The van der Waals surface area contributed by atoms with Crippen LogP contribution in [-0.2, 0) is 4.43 Å². The van der Waals surface area contributed by atoms with Gasteiger partial charge in [-0.25, -0.2) is 0 Å². The van der Waals surface area contributed by atoms with Gasteiger partial charge in [-0.05, 0) is 5.56 Å². The third kappa shape index (κ3) is 3.31. The summed E-state index contributed by atoms with van der Waals surface area (Å²) in [7, 11) is 0. The van der Waals surface area contributed by atoms with Crippen molar-refractivity contribution in [1.82, 2.24) is 0 Å². The van der Waals surface area contributed by atoms with Crippen molar-refractivity contribution < 1.29 is 3.14 Å². The second kappa shape index (κ2) is 4.27. The fourth-order valence-electron chi connectivity index (χ4n) is 0.685. The Bertz CT molecular complexity index is 237. The lowest BCUT2D eigenvalue weighted by atomic mass is 10.2. The molecular formula is C7H7INO2. The molecule has 0 aromatic heterocycles. The molecule has 0 fully saturated rings. The normalized spacial score (nSPS) is 9.45. The minimum Gasteiger partial charge on any atom is -0.257 e. The summed E-state index contributed by atoms with van der Waals surface area (Å²) < 4.78 is 0.443. The van der Waals surface area contributed by atoms with Crippen LogP contribution in [-0.4, -0.2) is 3.14 Å². The zero-order valence-electron chi connectivity index (χ0n) is 5.74. The zero-order valence-corrected chi connectivity index (χ0v) is 7.89. The largest absolute Gasteiger partial charge is 0.281 e. The lowest BCUT2D eigenvalue weighted by molar-refractivity contribution is -0.229. The van der Waals surface area contributed by atoms with Crippen LogP contribution in [0, 0.1) is 10.1 Å². The van der Waals surface area contributed by atoms with E-state index in [4.69, 9.17) is 0 Å². The molecule has 0 saturated heterocycles. The van der Waals surface area contributed by atoms with Crippen molar-refractivity contribution in [3.63, 3.8) is 0 Å². The molecule has 0 aliphatic heterocycles. The number of hydrogen-bond acceptors (Lipinski definition) is 2. The monoisotopic (exact) mass is 264 g/mol. The molecule has 0 unspecified atom stereocenters. The van der Waals surface area contributed by atoms with Crippen LogP contribution in [0.25, 0.3) is 0 Å². The van der Waals surface area contributed by atoms with Crippen LogP contribution in [0.1, 0.15) is 5.56 Å². The number of benzene rings is 1. The van der Waals surface area contributed by atoms with Gasteiger partial charge in [-0.15, -0.1) is 0 Å². The molecule has 0 amide bonds. The SMILES string of the molecule is O=[N+]([O-])[I]Cc1ccccc1. The Balaban J connectivity index is 2.45. The molecule has 0 N–H and O–H groups in total. The number of rotatable bonds is 3. The number of hydrogen-bond donors (Lipinski definition) is 0. The average molecular weight is 264 g/mol. The van der Waals surface area contributed by atoms with Gasteiger partial charge in [0.05, 0.1) is 7.56 Å². The topological polar surface area (TPSA) is 43.1 Å². The van der Waals surface area contributed by atoms with Crippen LogP contribution >= 0.6 is 21.5 Å². The van der Waals surface area contributed by atoms with Crippen LogP contribution in [0.4, 0.5) is 0 Å². The van der Waals surface area contributed by atoms with E-state index in [0.717, 1.165) is 5.56 Å². The van der Waals surface area contributed by atoms with Crippen molar-refractivity contribution in [3.05, 3.63) is 46.0 Å². The lowest BCUT2D eigenvalue weighted by Gasteiger charge is -1.91. The Morgan fingerprint density at radius 2 is 2.00 bits per heavy atom. The van der Waals surface area contributed by atoms with Crippen molar-refractivity contribution in [2.75, 3.05) is 0 Å². The molecule has 1 aromatic carbocycles. The minimum atomic E-state index is -0.891. The van der Waals surface area contributed by atoms with Crippen molar-refractivity contribution in [1.29, 1.82) is 0 Å². The molecule has 0 heterocycles. The van der Waals surface area contributed by atoms with E-state index in [1.54, 1.807) is 0 Å². The molecule has 0 aliphatic carbocycles. The first-order valence-electron chi connectivity index (χ1n) is 3.07. The Morgan fingerprint density at radius 3 is 2.55 bits per heavy atom. The lowest BCUT2D eigenvalue weighted by Crippen LogP contribution is -1.82. The van der Waals surface area contributed by atoms with Crippen molar-refractivity contribution in [2.24, 2.45) is 0 Å². The summed E-state index contributed by atoms with van der Waals surface area (Å²) in [6.45, 7) is 0. The van der Waals surface area contributed by atoms with Crippen LogP contribution in [0.15, 0.2) is 30.3 Å². The first-order chi connectivity index (χ1) is 5.29. The van der Waals surface area contributed by atoms with Gasteiger partial charge in [-0.1, -0.05) is 30.3 Å². The highest BCUT2D eigenvalue weighted by atomic mass is 127. The average Bonchev–Trinajstić information content (AvgIpc) is 2.03. The van der Waals surface area contributed by atoms with Gasteiger partial charge in [-0.3, -0.25) is 10.1 Å².